The zero-order valence-electron chi connectivity index (χ0n) is 8.36. The van der Waals surface area contributed by atoms with E-state index in [9.17, 15) is 13.0 Å². The molecule has 0 aliphatic rings. The van der Waals surface area contributed by atoms with Gasteiger partial charge in [-0.3, -0.25) is 0 Å². The summed E-state index contributed by atoms with van der Waals surface area (Å²) in [5.74, 6) is 0. The molecule has 0 atom stereocenters. The van der Waals surface area contributed by atoms with Crippen molar-refractivity contribution in [1.29, 1.82) is 0 Å². The molecule has 0 aromatic heterocycles. The van der Waals surface area contributed by atoms with Gasteiger partial charge in [-0.25, -0.2) is 8.42 Å². The van der Waals surface area contributed by atoms with Crippen LogP contribution in [0.3, 0.4) is 0 Å². The molecule has 0 unspecified atom stereocenters. The molecule has 0 saturated carbocycles. The second-order valence-electron chi connectivity index (χ2n) is 2.81. The summed E-state index contributed by atoms with van der Waals surface area (Å²) in [7, 11) is -4.31. The summed E-state index contributed by atoms with van der Waals surface area (Å²) in [6, 6.07) is 6.32. The molecule has 14 heavy (non-hydrogen) atoms. The van der Waals surface area contributed by atoms with Gasteiger partial charge in [-0.15, -0.1) is 0 Å². The van der Waals surface area contributed by atoms with Gasteiger partial charge in [0.2, 0.25) is 0 Å². The molecule has 0 fully saturated rings. The topological polar surface area (TPSA) is 57.2 Å². The van der Waals surface area contributed by atoms with Crippen LogP contribution in [0.4, 0.5) is 0 Å². The fraction of sp³-hybridized carbons (Fsp3) is 0.333. The van der Waals surface area contributed by atoms with Crippen molar-refractivity contribution in [3.63, 3.8) is 0 Å². The molecule has 0 amide bonds. The molecule has 0 aliphatic heterocycles. The molecule has 72 valence electrons. The van der Waals surface area contributed by atoms with Gasteiger partial charge in [0, 0.05) is 0 Å². The van der Waals surface area contributed by atoms with Crippen molar-refractivity contribution in [3.8, 4) is 0 Å². The molecule has 0 spiro atoms. The summed E-state index contributed by atoms with van der Waals surface area (Å²) >= 11 is 0. The number of aryl methyl sites for hydroxylation is 1. The average Bonchev–Trinajstić information content (AvgIpc) is 2.04. The SMILES string of the molecule is CCCc1ccccc1S(=O)(=O)[O-].[Na+]. The first-order valence-corrected chi connectivity index (χ1v) is 5.50. The van der Waals surface area contributed by atoms with Crippen LogP contribution < -0.4 is 29.6 Å². The summed E-state index contributed by atoms with van der Waals surface area (Å²) in [5, 5.41) is 0. The van der Waals surface area contributed by atoms with Gasteiger partial charge in [0.1, 0.15) is 10.1 Å². The molecule has 1 aromatic rings. The van der Waals surface area contributed by atoms with Crippen LogP contribution in [0.1, 0.15) is 18.9 Å². The van der Waals surface area contributed by atoms with Gasteiger partial charge in [0.15, 0.2) is 0 Å². The third kappa shape index (κ3) is 3.71. The fourth-order valence-electron chi connectivity index (χ4n) is 1.22. The van der Waals surface area contributed by atoms with Crippen LogP contribution in [0.2, 0.25) is 0 Å². The molecule has 0 bridgehead atoms. The summed E-state index contributed by atoms with van der Waals surface area (Å²) < 4.78 is 32.3. The molecule has 3 nitrogen and oxygen atoms in total. The normalized spacial score (nSPS) is 10.7. The van der Waals surface area contributed by atoms with Crippen LogP contribution in [0.25, 0.3) is 0 Å². The molecular formula is C9H11NaO3S. The van der Waals surface area contributed by atoms with Crippen molar-refractivity contribution >= 4 is 10.1 Å². The van der Waals surface area contributed by atoms with E-state index in [0.29, 0.717) is 12.0 Å². The largest absolute Gasteiger partial charge is 1.00 e. The summed E-state index contributed by atoms with van der Waals surface area (Å²) in [4.78, 5) is -0.0862. The third-order valence-electron chi connectivity index (χ3n) is 1.76. The van der Waals surface area contributed by atoms with E-state index in [1.165, 1.54) is 6.07 Å². The van der Waals surface area contributed by atoms with Gasteiger partial charge in [0.05, 0.1) is 4.90 Å². The Labute approximate surface area is 107 Å². The maximum absolute atomic E-state index is 10.8. The first-order valence-electron chi connectivity index (χ1n) is 4.09. The van der Waals surface area contributed by atoms with E-state index in [4.69, 9.17) is 0 Å². The minimum Gasteiger partial charge on any atom is -0.744 e. The summed E-state index contributed by atoms with van der Waals surface area (Å²) in [6.07, 6.45) is 1.45. The Bertz CT molecular complexity index is 387. The van der Waals surface area contributed by atoms with Crippen LogP contribution in [0.5, 0.6) is 0 Å². The summed E-state index contributed by atoms with van der Waals surface area (Å²) in [6.45, 7) is 1.94. The van der Waals surface area contributed by atoms with Gasteiger partial charge in [-0.2, -0.15) is 0 Å². The van der Waals surface area contributed by atoms with Gasteiger partial charge in [0.25, 0.3) is 0 Å². The third-order valence-corrected chi connectivity index (χ3v) is 2.70. The fourth-order valence-corrected chi connectivity index (χ4v) is 1.96. The van der Waals surface area contributed by atoms with Gasteiger partial charge in [-0.05, 0) is 18.1 Å². The quantitative estimate of drug-likeness (QED) is 0.464. The molecular weight excluding hydrogens is 211 g/mol. The Morgan fingerprint density at radius 1 is 1.29 bits per heavy atom. The van der Waals surface area contributed by atoms with E-state index in [1.807, 2.05) is 6.92 Å². The zero-order chi connectivity index (χ0) is 9.90. The maximum Gasteiger partial charge on any atom is 1.00 e. The molecule has 0 aliphatic carbocycles. The number of hydrogen-bond donors (Lipinski definition) is 0. The Kier molecular flexibility index (Phi) is 5.93. The molecule has 1 aromatic carbocycles. The monoisotopic (exact) mass is 222 g/mol. The molecule has 0 N–H and O–H groups in total. The van der Waals surface area contributed by atoms with E-state index in [1.54, 1.807) is 18.2 Å². The van der Waals surface area contributed by atoms with Crippen molar-refractivity contribution in [3.05, 3.63) is 29.8 Å². The van der Waals surface area contributed by atoms with Crippen molar-refractivity contribution in [1.82, 2.24) is 0 Å². The second kappa shape index (κ2) is 5.88. The Balaban J connectivity index is 0.00000169. The first kappa shape index (κ1) is 14.1. The molecule has 0 radical (unpaired) electrons. The van der Waals surface area contributed by atoms with Crippen molar-refractivity contribution in [2.75, 3.05) is 0 Å². The number of benzene rings is 1. The standard InChI is InChI=1S/C9H12O3S.Na/c1-2-5-8-6-3-4-7-9(8)13(10,11)12;/h3-4,6-7H,2,5H2,1H3,(H,10,11,12);/q;+1/p-1. The van der Waals surface area contributed by atoms with Crippen LogP contribution in [-0.4, -0.2) is 13.0 Å². The van der Waals surface area contributed by atoms with Crippen LogP contribution in [0.15, 0.2) is 29.2 Å². The minimum absolute atomic E-state index is 0. The summed E-state index contributed by atoms with van der Waals surface area (Å²) in [5.41, 5.74) is 0.611. The van der Waals surface area contributed by atoms with Crippen molar-refractivity contribution in [2.24, 2.45) is 0 Å². The predicted octanol–water partition coefficient (Wildman–Crippen LogP) is -1.45. The predicted molar refractivity (Wildman–Crippen MR) is 48.4 cm³/mol. The Morgan fingerprint density at radius 2 is 1.86 bits per heavy atom. The van der Waals surface area contributed by atoms with E-state index in [0.717, 1.165) is 6.42 Å². The Morgan fingerprint density at radius 3 is 2.36 bits per heavy atom. The van der Waals surface area contributed by atoms with Crippen LogP contribution in [0, 0.1) is 0 Å². The van der Waals surface area contributed by atoms with Gasteiger partial charge in [-0.1, -0.05) is 31.5 Å². The van der Waals surface area contributed by atoms with Crippen LogP contribution in [-0.2, 0) is 16.5 Å². The zero-order valence-corrected chi connectivity index (χ0v) is 11.2. The van der Waals surface area contributed by atoms with Crippen molar-refractivity contribution in [2.45, 2.75) is 24.7 Å². The number of rotatable bonds is 3. The van der Waals surface area contributed by atoms with Crippen molar-refractivity contribution < 1.29 is 42.5 Å². The number of hydrogen-bond acceptors (Lipinski definition) is 3. The molecule has 0 saturated heterocycles. The molecule has 5 heteroatoms. The Hall–Kier alpha value is 0.130. The van der Waals surface area contributed by atoms with Gasteiger partial charge >= 0.3 is 29.6 Å². The van der Waals surface area contributed by atoms with E-state index < -0.39 is 10.1 Å². The first-order chi connectivity index (χ1) is 6.05. The average molecular weight is 222 g/mol. The van der Waals surface area contributed by atoms with E-state index in [2.05, 4.69) is 0 Å². The second-order valence-corrected chi connectivity index (χ2v) is 4.16. The minimum atomic E-state index is -4.31. The van der Waals surface area contributed by atoms with Gasteiger partial charge < -0.3 is 4.55 Å². The molecule has 0 heterocycles. The smallest absolute Gasteiger partial charge is 0.744 e. The van der Waals surface area contributed by atoms with Crippen LogP contribution >= 0.6 is 0 Å². The van der Waals surface area contributed by atoms with E-state index >= 15 is 0 Å². The van der Waals surface area contributed by atoms with E-state index in [-0.39, 0.29) is 34.5 Å². The molecule has 1 rings (SSSR count). The maximum atomic E-state index is 10.8.